The molecule has 0 aliphatic rings. The molecule has 3 heteroatoms. The van der Waals surface area contributed by atoms with E-state index in [2.05, 4.69) is 17.3 Å². The quantitative estimate of drug-likeness (QED) is 0.572. The van der Waals surface area contributed by atoms with E-state index in [1.807, 2.05) is 6.07 Å². The topological polar surface area (TPSA) is 12.9 Å². The molecule has 0 aliphatic carbocycles. The monoisotopic (exact) mass is 183 g/mol. The van der Waals surface area contributed by atoms with Crippen LogP contribution in [0.4, 0.5) is 0 Å². The number of pyridine rings is 1. The molecule has 0 amide bonds. The number of nitrogens with zero attached hydrogens (tertiary/aromatic N) is 1. The van der Waals surface area contributed by atoms with Gasteiger partial charge in [-0.1, -0.05) is 11.6 Å². The maximum Gasteiger partial charge on any atom is 0.146 e. The first-order valence-corrected chi connectivity index (χ1v) is 4.53. The van der Waals surface area contributed by atoms with Crippen LogP contribution in [0.3, 0.4) is 0 Å². The Hall–Kier alpha value is -0.600. The summed E-state index contributed by atoms with van der Waals surface area (Å²) in [6, 6.07) is 1.99. The normalized spacial score (nSPS) is 10.7. The molecule has 0 fully saturated rings. The smallest absolute Gasteiger partial charge is 0.146 e. The van der Waals surface area contributed by atoms with Gasteiger partial charge in [0.1, 0.15) is 5.15 Å². The van der Waals surface area contributed by atoms with Crippen molar-refractivity contribution in [3.63, 3.8) is 0 Å². The van der Waals surface area contributed by atoms with E-state index in [4.69, 9.17) is 11.6 Å². The van der Waals surface area contributed by atoms with Crippen molar-refractivity contribution in [2.45, 2.75) is 6.92 Å². The lowest BCUT2D eigenvalue weighted by molar-refractivity contribution is 1.37. The summed E-state index contributed by atoms with van der Waals surface area (Å²) in [5, 5.41) is 3.92. The third-order valence-electron chi connectivity index (χ3n) is 1.64. The van der Waals surface area contributed by atoms with Crippen molar-refractivity contribution in [2.75, 3.05) is 0 Å². The summed E-state index contributed by atoms with van der Waals surface area (Å²) in [4.78, 5) is 4.00. The van der Waals surface area contributed by atoms with Crippen LogP contribution in [-0.4, -0.2) is 4.98 Å². The molecule has 0 N–H and O–H groups in total. The Bertz CT molecular complexity index is 394. The molecule has 0 aliphatic heterocycles. The minimum absolute atomic E-state index is 0.612. The Balaban J connectivity index is 2.94. The summed E-state index contributed by atoms with van der Waals surface area (Å²) in [5.41, 5.74) is 1.27. The Labute approximate surface area is 73.6 Å². The van der Waals surface area contributed by atoms with E-state index in [0.29, 0.717) is 5.15 Å². The molecule has 2 rings (SSSR count). The lowest BCUT2D eigenvalue weighted by Gasteiger charge is -1.91. The molecule has 2 heterocycles. The van der Waals surface area contributed by atoms with Gasteiger partial charge in [0.25, 0.3) is 0 Å². The van der Waals surface area contributed by atoms with E-state index in [9.17, 15) is 0 Å². The minimum Gasteiger partial charge on any atom is -0.243 e. The van der Waals surface area contributed by atoms with Crippen LogP contribution in [0.15, 0.2) is 17.6 Å². The zero-order chi connectivity index (χ0) is 7.84. The first-order chi connectivity index (χ1) is 5.29. The molecule has 1 nitrogen and oxygen atoms in total. The van der Waals surface area contributed by atoms with Gasteiger partial charge >= 0.3 is 0 Å². The maximum atomic E-state index is 5.87. The average Bonchev–Trinajstić information content (AvgIpc) is 2.35. The van der Waals surface area contributed by atoms with Crippen molar-refractivity contribution in [2.24, 2.45) is 0 Å². The number of thiophene rings is 1. The van der Waals surface area contributed by atoms with E-state index < -0.39 is 0 Å². The SMILES string of the molecule is Cc1csc2c(Cl)nccc12. The standard InChI is InChI=1S/C8H6ClNS/c1-5-4-11-7-6(5)2-3-10-8(7)9/h2-4H,1H3. The summed E-state index contributed by atoms with van der Waals surface area (Å²) in [6.45, 7) is 2.08. The third-order valence-corrected chi connectivity index (χ3v) is 3.16. The fourth-order valence-corrected chi connectivity index (χ4v) is 2.28. The highest BCUT2D eigenvalue weighted by Crippen LogP contribution is 2.29. The molecule has 0 atom stereocenters. The summed E-state index contributed by atoms with van der Waals surface area (Å²) in [6.07, 6.45) is 1.74. The number of aryl methyl sites for hydroxylation is 1. The van der Waals surface area contributed by atoms with Crippen LogP contribution in [-0.2, 0) is 0 Å². The van der Waals surface area contributed by atoms with E-state index in [1.54, 1.807) is 17.5 Å². The fraction of sp³-hybridized carbons (Fsp3) is 0.125. The number of hydrogen-bond donors (Lipinski definition) is 0. The molecule has 2 aromatic heterocycles. The van der Waals surface area contributed by atoms with Crippen LogP contribution in [0.5, 0.6) is 0 Å². The maximum absolute atomic E-state index is 5.87. The average molecular weight is 184 g/mol. The van der Waals surface area contributed by atoms with E-state index in [1.165, 1.54) is 10.9 Å². The number of halogens is 1. The highest BCUT2D eigenvalue weighted by molar-refractivity contribution is 7.18. The first kappa shape index (κ1) is 7.07. The second kappa shape index (κ2) is 2.47. The van der Waals surface area contributed by atoms with Gasteiger partial charge < -0.3 is 0 Å². The molecular formula is C8H6ClNS. The zero-order valence-corrected chi connectivity index (χ0v) is 7.54. The van der Waals surface area contributed by atoms with Gasteiger partial charge in [-0.15, -0.1) is 11.3 Å². The van der Waals surface area contributed by atoms with Crippen molar-refractivity contribution in [3.8, 4) is 0 Å². The lowest BCUT2D eigenvalue weighted by atomic mass is 10.2. The summed E-state index contributed by atoms with van der Waals surface area (Å²) in [7, 11) is 0. The van der Waals surface area contributed by atoms with Crippen LogP contribution in [0.1, 0.15) is 5.56 Å². The summed E-state index contributed by atoms with van der Waals surface area (Å²) in [5.74, 6) is 0. The molecule has 0 spiro atoms. The zero-order valence-electron chi connectivity index (χ0n) is 5.97. The molecule has 0 saturated carbocycles. The highest BCUT2D eigenvalue weighted by atomic mass is 35.5. The van der Waals surface area contributed by atoms with Crippen molar-refractivity contribution < 1.29 is 0 Å². The number of fused-ring (bicyclic) bond motifs is 1. The van der Waals surface area contributed by atoms with Gasteiger partial charge in [0.05, 0.1) is 4.70 Å². The third kappa shape index (κ3) is 1.03. The van der Waals surface area contributed by atoms with Crippen molar-refractivity contribution in [1.29, 1.82) is 0 Å². The largest absolute Gasteiger partial charge is 0.243 e. The summed E-state index contributed by atoms with van der Waals surface area (Å²) < 4.78 is 1.09. The van der Waals surface area contributed by atoms with Gasteiger partial charge in [-0.05, 0) is 23.9 Å². The molecule has 0 aromatic carbocycles. The summed E-state index contributed by atoms with van der Waals surface area (Å²) >= 11 is 7.52. The molecule has 0 saturated heterocycles. The molecule has 0 bridgehead atoms. The Morgan fingerprint density at radius 2 is 2.36 bits per heavy atom. The highest BCUT2D eigenvalue weighted by Gasteiger charge is 2.02. The Morgan fingerprint density at radius 3 is 3.09 bits per heavy atom. The molecule has 0 unspecified atom stereocenters. The van der Waals surface area contributed by atoms with E-state index >= 15 is 0 Å². The van der Waals surface area contributed by atoms with Gasteiger partial charge in [0, 0.05) is 11.6 Å². The van der Waals surface area contributed by atoms with Gasteiger partial charge in [-0.3, -0.25) is 0 Å². The van der Waals surface area contributed by atoms with Crippen LogP contribution in [0, 0.1) is 6.92 Å². The lowest BCUT2D eigenvalue weighted by Crippen LogP contribution is -1.73. The Morgan fingerprint density at radius 1 is 1.55 bits per heavy atom. The van der Waals surface area contributed by atoms with E-state index in [0.717, 1.165) is 4.70 Å². The predicted octanol–water partition coefficient (Wildman–Crippen LogP) is 3.26. The van der Waals surface area contributed by atoms with E-state index in [-0.39, 0.29) is 0 Å². The van der Waals surface area contributed by atoms with Crippen LogP contribution in [0.25, 0.3) is 10.1 Å². The van der Waals surface area contributed by atoms with Gasteiger partial charge in [0.15, 0.2) is 0 Å². The first-order valence-electron chi connectivity index (χ1n) is 3.27. The van der Waals surface area contributed by atoms with Gasteiger partial charge in [-0.25, -0.2) is 4.98 Å². The van der Waals surface area contributed by atoms with Crippen molar-refractivity contribution in [1.82, 2.24) is 4.98 Å². The second-order valence-corrected chi connectivity index (χ2v) is 3.63. The second-order valence-electron chi connectivity index (χ2n) is 2.40. The minimum atomic E-state index is 0.612. The van der Waals surface area contributed by atoms with Gasteiger partial charge in [-0.2, -0.15) is 0 Å². The predicted molar refractivity (Wildman–Crippen MR) is 49.4 cm³/mol. The molecule has 56 valence electrons. The molecular weight excluding hydrogens is 178 g/mol. The van der Waals surface area contributed by atoms with Crippen LogP contribution in [0.2, 0.25) is 5.15 Å². The van der Waals surface area contributed by atoms with Gasteiger partial charge in [0.2, 0.25) is 0 Å². The molecule has 2 aromatic rings. The number of hydrogen-bond acceptors (Lipinski definition) is 2. The molecule has 11 heavy (non-hydrogen) atoms. The number of rotatable bonds is 0. The van der Waals surface area contributed by atoms with Crippen molar-refractivity contribution in [3.05, 3.63) is 28.4 Å². The van der Waals surface area contributed by atoms with Crippen LogP contribution >= 0.6 is 22.9 Å². The van der Waals surface area contributed by atoms with Crippen LogP contribution < -0.4 is 0 Å². The van der Waals surface area contributed by atoms with Crippen molar-refractivity contribution >= 4 is 33.0 Å². The Kier molecular flexibility index (Phi) is 1.59. The number of aromatic nitrogens is 1. The molecule has 0 radical (unpaired) electrons. The fourth-order valence-electron chi connectivity index (χ4n) is 1.06.